The van der Waals surface area contributed by atoms with Crippen LogP contribution in [-0.4, -0.2) is 0 Å². The van der Waals surface area contributed by atoms with Crippen molar-refractivity contribution < 1.29 is 0 Å². The van der Waals surface area contributed by atoms with E-state index in [-0.39, 0.29) is 0 Å². The van der Waals surface area contributed by atoms with Crippen molar-refractivity contribution in [1.82, 2.24) is 0 Å². The molecular formula is C20H14N2. The van der Waals surface area contributed by atoms with Gasteiger partial charge in [0.2, 0.25) is 0 Å². The fraction of sp³-hybridized carbons (Fsp3) is 0.100. The Morgan fingerprint density at radius 1 is 0.727 bits per heavy atom. The summed E-state index contributed by atoms with van der Waals surface area (Å²) in [5.41, 5.74) is 4.95. The van der Waals surface area contributed by atoms with Gasteiger partial charge < -0.3 is 0 Å². The van der Waals surface area contributed by atoms with Crippen molar-refractivity contribution in [3.63, 3.8) is 0 Å². The van der Waals surface area contributed by atoms with Gasteiger partial charge in [0.05, 0.1) is 17.2 Å². The molecule has 3 aromatic carbocycles. The Balaban J connectivity index is 2.52. The zero-order chi connectivity index (χ0) is 15.7. The molecule has 0 unspecified atom stereocenters. The van der Waals surface area contributed by atoms with Crippen LogP contribution < -0.4 is 0 Å². The second-order valence-electron chi connectivity index (χ2n) is 5.31. The molecule has 0 atom stereocenters. The van der Waals surface area contributed by atoms with E-state index in [1.807, 2.05) is 50.2 Å². The van der Waals surface area contributed by atoms with E-state index in [2.05, 4.69) is 18.2 Å². The molecule has 0 spiro atoms. The largest absolute Gasteiger partial charge is 0.192 e. The van der Waals surface area contributed by atoms with Gasteiger partial charge in [-0.3, -0.25) is 0 Å². The van der Waals surface area contributed by atoms with E-state index < -0.39 is 0 Å². The van der Waals surface area contributed by atoms with E-state index in [0.717, 1.165) is 33.0 Å². The SMILES string of the molecule is Cc1c(C#N)c(-c2ccccc2C#N)c(C)c2ccccc12. The molecular weight excluding hydrogens is 268 g/mol. The molecule has 2 nitrogen and oxygen atoms in total. The summed E-state index contributed by atoms with van der Waals surface area (Å²) >= 11 is 0. The fourth-order valence-corrected chi connectivity index (χ4v) is 3.06. The lowest BCUT2D eigenvalue weighted by Gasteiger charge is -2.16. The van der Waals surface area contributed by atoms with Crippen LogP contribution in [0.15, 0.2) is 48.5 Å². The molecule has 3 aromatic rings. The van der Waals surface area contributed by atoms with Crippen LogP contribution in [0.25, 0.3) is 21.9 Å². The Hall–Kier alpha value is -3.10. The summed E-state index contributed by atoms with van der Waals surface area (Å²) in [6.07, 6.45) is 0. The lowest BCUT2D eigenvalue weighted by Crippen LogP contribution is -1.97. The second kappa shape index (κ2) is 5.35. The minimum Gasteiger partial charge on any atom is -0.192 e. The third-order valence-corrected chi connectivity index (χ3v) is 4.16. The number of benzene rings is 3. The van der Waals surface area contributed by atoms with Gasteiger partial charge in [-0.25, -0.2) is 0 Å². The Morgan fingerprint density at radius 3 is 1.95 bits per heavy atom. The third-order valence-electron chi connectivity index (χ3n) is 4.16. The van der Waals surface area contributed by atoms with Crippen molar-refractivity contribution in [2.45, 2.75) is 13.8 Å². The highest BCUT2D eigenvalue weighted by Crippen LogP contribution is 2.37. The number of hydrogen-bond acceptors (Lipinski definition) is 2. The first-order chi connectivity index (χ1) is 10.7. The number of aryl methyl sites for hydroxylation is 2. The molecule has 0 aliphatic heterocycles. The van der Waals surface area contributed by atoms with Crippen LogP contribution in [0, 0.1) is 36.5 Å². The molecule has 0 aliphatic carbocycles. The van der Waals surface area contributed by atoms with Crippen LogP contribution in [0.3, 0.4) is 0 Å². The van der Waals surface area contributed by atoms with Crippen molar-refractivity contribution in [2.24, 2.45) is 0 Å². The van der Waals surface area contributed by atoms with Gasteiger partial charge in [0.15, 0.2) is 0 Å². The smallest absolute Gasteiger partial charge is 0.100 e. The van der Waals surface area contributed by atoms with Gasteiger partial charge in [-0.15, -0.1) is 0 Å². The predicted molar refractivity (Wildman–Crippen MR) is 88.3 cm³/mol. The lowest BCUT2D eigenvalue weighted by atomic mass is 9.86. The summed E-state index contributed by atoms with van der Waals surface area (Å²) in [4.78, 5) is 0. The molecule has 0 amide bonds. The van der Waals surface area contributed by atoms with Crippen molar-refractivity contribution in [2.75, 3.05) is 0 Å². The molecule has 3 rings (SSSR count). The van der Waals surface area contributed by atoms with Gasteiger partial charge in [0, 0.05) is 11.1 Å². The highest BCUT2D eigenvalue weighted by molar-refractivity contribution is 5.98. The first-order valence-corrected chi connectivity index (χ1v) is 7.10. The maximum Gasteiger partial charge on any atom is 0.100 e. The zero-order valence-corrected chi connectivity index (χ0v) is 12.5. The molecule has 0 aliphatic rings. The molecule has 0 saturated carbocycles. The summed E-state index contributed by atoms with van der Waals surface area (Å²) in [6.45, 7) is 3.99. The standard InChI is InChI=1S/C20H14N2/c1-13-16-8-5-6-9-17(16)14(2)20(19(13)12-22)18-10-4-3-7-15(18)11-21/h3-10H,1-2H3. The van der Waals surface area contributed by atoms with E-state index in [0.29, 0.717) is 11.1 Å². The molecule has 104 valence electrons. The minimum atomic E-state index is 0.594. The van der Waals surface area contributed by atoms with Gasteiger partial charge in [-0.2, -0.15) is 10.5 Å². The van der Waals surface area contributed by atoms with Crippen LogP contribution in [0.1, 0.15) is 22.3 Å². The topological polar surface area (TPSA) is 47.6 Å². The van der Waals surface area contributed by atoms with E-state index in [9.17, 15) is 10.5 Å². The average molecular weight is 282 g/mol. The van der Waals surface area contributed by atoms with Gasteiger partial charge >= 0.3 is 0 Å². The first kappa shape index (κ1) is 13.9. The minimum absolute atomic E-state index is 0.594. The molecule has 0 aromatic heterocycles. The van der Waals surface area contributed by atoms with E-state index in [1.54, 1.807) is 6.07 Å². The van der Waals surface area contributed by atoms with Crippen molar-refractivity contribution in [3.8, 4) is 23.3 Å². The van der Waals surface area contributed by atoms with E-state index in [1.165, 1.54) is 0 Å². The molecule has 0 heterocycles. The molecule has 0 bridgehead atoms. The Labute approximate surface area is 129 Å². The third kappa shape index (κ3) is 1.94. The summed E-state index contributed by atoms with van der Waals surface area (Å²) in [6, 6.07) is 20.1. The summed E-state index contributed by atoms with van der Waals surface area (Å²) in [5.74, 6) is 0. The molecule has 0 fully saturated rings. The zero-order valence-electron chi connectivity index (χ0n) is 12.5. The molecule has 0 N–H and O–H groups in total. The van der Waals surface area contributed by atoms with E-state index >= 15 is 0 Å². The Bertz CT molecular complexity index is 969. The number of hydrogen-bond donors (Lipinski definition) is 0. The normalized spacial score (nSPS) is 10.2. The maximum atomic E-state index is 9.68. The predicted octanol–water partition coefficient (Wildman–Crippen LogP) is 4.87. The highest BCUT2D eigenvalue weighted by Gasteiger charge is 2.17. The molecule has 2 heteroatoms. The quantitative estimate of drug-likeness (QED) is 0.639. The Kier molecular flexibility index (Phi) is 3.37. The summed E-state index contributed by atoms with van der Waals surface area (Å²) in [7, 11) is 0. The number of nitriles is 2. The van der Waals surface area contributed by atoms with Crippen LogP contribution in [0.2, 0.25) is 0 Å². The molecule has 0 saturated heterocycles. The fourth-order valence-electron chi connectivity index (χ4n) is 3.06. The van der Waals surface area contributed by atoms with E-state index in [4.69, 9.17) is 0 Å². The number of rotatable bonds is 1. The van der Waals surface area contributed by atoms with Crippen molar-refractivity contribution in [1.29, 1.82) is 10.5 Å². The molecule has 0 radical (unpaired) electrons. The molecule has 22 heavy (non-hydrogen) atoms. The van der Waals surface area contributed by atoms with Gasteiger partial charge in [-0.05, 0) is 41.8 Å². The maximum absolute atomic E-state index is 9.68. The second-order valence-corrected chi connectivity index (χ2v) is 5.31. The van der Waals surface area contributed by atoms with Crippen LogP contribution in [0.4, 0.5) is 0 Å². The van der Waals surface area contributed by atoms with Gasteiger partial charge in [0.1, 0.15) is 6.07 Å². The monoisotopic (exact) mass is 282 g/mol. The average Bonchev–Trinajstić information content (AvgIpc) is 2.58. The van der Waals surface area contributed by atoms with Crippen LogP contribution >= 0.6 is 0 Å². The summed E-state index contributed by atoms with van der Waals surface area (Å²) < 4.78 is 0. The highest BCUT2D eigenvalue weighted by atomic mass is 14.3. The van der Waals surface area contributed by atoms with Crippen LogP contribution in [0.5, 0.6) is 0 Å². The van der Waals surface area contributed by atoms with Crippen molar-refractivity contribution in [3.05, 3.63) is 70.8 Å². The first-order valence-electron chi connectivity index (χ1n) is 7.10. The lowest BCUT2D eigenvalue weighted by molar-refractivity contribution is 1.38. The number of nitrogens with zero attached hydrogens (tertiary/aromatic N) is 2. The summed E-state index contributed by atoms with van der Waals surface area (Å²) in [5, 5.41) is 21.3. The van der Waals surface area contributed by atoms with Gasteiger partial charge in [-0.1, -0.05) is 42.5 Å². The number of fused-ring (bicyclic) bond motifs is 1. The van der Waals surface area contributed by atoms with Crippen molar-refractivity contribution >= 4 is 10.8 Å². The van der Waals surface area contributed by atoms with Gasteiger partial charge in [0.25, 0.3) is 0 Å². The van der Waals surface area contributed by atoms with Crippen LogP contribution in [-0.2, 0) is 0 Å². The Morgan fingerprint density at radius 2 is 1.32 bits per heavy atom.